The smallest absolute Gasteiger partial charge is 0.0931 e. The van der Waals surface area contributed by atoms with E-state index in [2.05, 4.69) is 71.6 Å². The van der Waals surface area contributed by atoms with Crippen LogP contribution < -0.4 is 5.32 Å². The third-order valence-corrected chi connectivity index (χ3v) is 3.94. The van der Waals surface area contributed by atoms with Gasteiger partial charge in [0, 0.05) is 6.54 Å². The number of fused-ring (bicyclic) bond motifs is 1. The molecule has 2 aromatic carbocycles. The summed E-state index contributed by atoms with van der Waals surface area (Å²) >= 11 is 0. The number of hydrogen-bond donors (Lipinski definition) is 2. The van der Waals surface area contributed by atoms with Gasteiger partial charge in [-0.3, -0.25) is 0 Å². The zero-order valence-electron chi connectivity index (χ0n) is 13.3. The molecule has 3 nitrogen and oxygen atoms in total. The first-order valence-electron chi connectivity index (χ1n) is 7.95. The Balaban J connectivity index is 1.65. The maximum atomic E-state index is 4.26. The van der Waals surface area contributed by atoms with Gasteiger partial charge in [-0.15, -0.1) is 0 Å². The molecule has 3 aromatic rings. The van der Waals surface area contributed by atoms with Crippen molar-refractivity contribution in [2.24, 2.45) is 5.92 Å². The Morgan fingerprint density at radius 1 is 1.05 bits per heavy atom. The Hall–Kier alpha value is -2.13. The fourth-order valence-corrected chi connectivity index (χ4v) is 2.55. The maximum Gasteiger partial charge on any atom is 0.0931 e. The third kappa shape index (κ3) is 3.55. The Bertz CT molecular complexity index is 726. The van der Waals surface area contributed by atoms with E-state index in [1.54, 1.807) is 6.33 Å². The summed E-state index contributed by atoms with van der Waals surface area (Å²) in [6.07, 6.45) is 2.96. The number of H-pyrrole nitrogens is 1. The fraction of sp³-hybridized carbons (Fsp3) is 0.316. The van der Waals surface area contributed by atoms with Gasteiger partial charge in [0.2, 0.25) is 0 Å². The van der Waals surface area contributed by atoms with Gasteiger partial charge < -0.3 is 10.3 Å². The van der Waals surface area contributed by atoms with Crippen LogP contribution in [0, 0.1) is 5.92 Å². The summed E-state index contributed by atoms with van der Waals surface area (Å²) in [5.74, 6) is 0.757. The van der Waals surface area contributed by atoms with E-state index in [0.29, 0.717) is 0 Å². The van der Waals surface area contributed by atoms with Crippen molar-refractivity contribution in [3.8, 4) is 11.1 Å². The lowest BCUT2D eigenvalue weighted by Crippen LogP contribution is -2.16. The van der Waals surface area contributed by atoms with Gasteiger partial charge in [-0.1, -0.05) is 44.2 Å². The van der Waals surface area contributed by atoms with E-state index in [0.717, 1.165) is 30.0 Å². The first-order chi connectivity index (χ1) is 10.7. The van der Waals surface area contributed by atoms with E-state index in [1.807, 2.05) is 0 Å². The summed E-state index contributed by atoms with van der Waals surface area (Å²) in [6, 6.07) is 15.1. The minimum absolute atomic E-state index is 0.757. The lowest BCUT2D eigenvalue weighted by molar-refractivity contribution is 0.537. The molecular formula is C19H23N3. The van der Waals surface area contributed by atoms with Crippen molar-refractivity contribution in [1.29, 1.82) is 0 Å². The lowest BCUT2D eigenvalue weighted by atomic mass is 10.0. The second-order valence-corrected chi connectivity index (χ2v) is 6.19. The van der Waals surface area contributed by atoms with Crippen LogP contribution in [-0.4, -0.2) is 16.5 Å². The van der Waals surface area contributed by atoms with Crippen molar-refractivity contribution >= 4 is 11.0 Å². The average Bonchev–Trinajstić information content (AvgIpc) is 2.99. The molecule has 0 atom stereocenters. The van der Waals surface area contributed by atoms with Crippen LogP contribution in [0.1, 0.15) is 25.8 Å². The molecular weight excluding hydrogens is 270 g/mol. The number of nitrogens with one attached hydrogen (secondary N) is 2. The number of aromatic amines is 1. The van der Waals surface area contributed by atoms with E-state index in [-0.39, 0.29) is 0 Å². The van der Waals surface area contributed by atoms with Crippen molar-refractivity contribution in [2.75, 3.05) is 6.54 Å². The molecule has 114 valence electrons. The Morgan fingerprint density at radius 2 is 1.82 bits per heavy atom. The van der Waals surface area contributed by atoms with Gasteiger partial charge >= 0.3 is 0 Å². The topological polar surface area (TPSA) is 40.7 Å². The van der Waals surface area contributed by atoms with Crippen molar-refractivity contribution in [2.45, 2.75) is 26.8 Å². The molecule has 0 aliphatic carbocycles. The molecule has 22 heavy (non-hydrogen) atoms. The molecule has 0 amide bonds. The van der Waals surface area contributed by atoms with Crippen molar-refractivity contribution in [1.82, 2.24) is 15.3 Å². The van der Waals surface area contributed by atoms with Gasteiger partial charge in [0.25, 0.3) is 0 Å². The van der Waals surface area contributed by atoms with E-state index < -0.39 is 0 Å². The number of benzene rings is 2. The predicted molar refractivity (Wildman–Crippen MR) is 92.7 cm³/mol. The molecule has 0 aliphatic heterocycles. The molecule has 1 aromatic heterocycles. The monoisotopic (exact) mass is 293 g/mol. The summed E-state index contributed by atoms with van der Waals surface area (Å²) in [4.78, 5) is 7.42. The number of hydrogen-bond acceptors (Lipinski definition) is 2. The Labute approximate surface area is 131 Å². The normalized spacial score (nSPS) is 11.4. The van der Waals surface area contributed by atoms with E-state index >= 15 is 0 Å². The largest absolute Gasteiger partial charge is 0.345 e. The van der Waals surface area contributed by atoms with Crippen molar-refractivity contribution in [3.05, 3.63) is 54.4 Å². The highest BCUT2D eigenvalue weighted by Gasteiger charge is 2.02. The molecule has 3 rings (SSSR count). The zero-order chi connectivity index (χ0) is 15.4. The molecule has 0 radical (unpaired) electrons. The molecule has 3 heteroatoms. The van der Waals surface area contributed by atoms with Crippen LogP contribution in [-0.2, 0) is 6.54 Å². The summed E-state index contributed by atoms with van der Waals surface area (Å²) in [6.45, 7) is 6.53. The quantitative estimate of drug-likeness (QED) is 0.663. The Kier molecular flexibility index (Phi) is 4.54. The van der Waals surface area contributed by atoms with E-state index in [1.165, 1.54) is 23.1 Å². The van der Waals surface area contributed by atoms with Crippen LogP contribution in [0.15, 0.2) is 48.8 Å². The van der Waals surface area contributed by atoms with Crippen LogP contribution in [0.2, 0.25) is 0 Å². The standard InChI is InChI=1S/C19H23N3/c1-14(2)9-10-20-12-15-3-5-16(6-4-15)17-7-8-18-19(11-17)22-13-21-18/h3-8,11,13-14,20H,9-10,12H2,1-2H3,(H,21,22). The van der Waals surface area contributed by atoms with Crippen LogP contribution in [0.5, 0.6) is 0 Å². The highest BCUT2D eigenvalue weighted by atomic mass is 14.9. The molecule has 0 saturated carbocycles. The van der Waals surface area contributed by atoms with Gasteiger partial charge in [0.15, 0.2) is 0 Å². The highest BCUT2D eigenvalue weighted by molar-refractivity contribution is 5.81. The zero-order valence-corrected chi connectivity index (χ0v) is 13.3. The second-order valence-electron chi connectivity index (χ2n) is 6.19. The van der Waals surface area contributed by atoms with Gasteiger partial charge in [-0.2, -0.15) is 0 Å². The number of imidazole rings is 1. The van der Waals surface area contributed by atoms with Crippen LogP contribution in [0.4, 0.5) is 0 Å². The minimum Gasteiger partial charge on any atom is -0.345 e. The molecule has 0 saturated heterocycles. The number of rotatable bonds is 6. The van der Waals surface area contributed by atoms with Gasteiger partial charge in [0.1, 0.15) is 0 Å². The molecule has 0 unspecified atom stereocenters. The van der Waals surface area contributed by atoms with Gasteiger partial charge in [-0.25, -0.2) is 4.98 Å². The molecule has 0 aliphatic rings. The molecule has 0 bridgehead atoms. The van der Waals surface area contributed by atoms with E-state index in [9.17, 15) is 0 Å². The van der Waals surface area contributed by atoms with Crippen molar-refractivity contribution < 1.29 is 0 Å². The average molecular weight is 293 g/mol. The summed E-state index contributed by atoms with van der Waals surface area (Å²) in [7, 11) is 0. The van der Waals surface area contributed by atoms with Crippen LogP contribution in [0.25, 0.3) is 22.2 Å². The van der Waals surface area contributed by atoms with Crippen LogP contribution in [0.3, 0.4) is 0 Å². The van der Waals surface area contributed by atoms with Gasteiger partial charge in [0.05, 0.1) is 17.4 Å². The molecule has 0 fully saturated rings. The third-order valence-electron chi connectivity index (χ3n) is 3.94. The molecule has 1 heterocycles. The minimum atomic E-state index is 0.757. The van der Waals surface area contributed by atoms with E-state index in [4.69, 9.17) is 0 Å². The predicted octanol–water partition coefficient (Wildman–Crippen LogP) is 4.37. The first kappa shape index (κ1) is 14.8. The number of aromatic nitrogens is 2. The molecule has 0 spiro atoms. The maximum absolute atomic E-state index is 4.26. The summed E-state index contributed by atoms with van der Waals surface area (Å²) in [5, 5.41) is 3.50. The summed E-state index contributed by atoms with van der Waals surface area (Å²) in [5.41, 5.74) is 5.88. The Morgan fingerprint density at radius 3 is 2.59 bits per heavy atom. The van der Waals surface area contributed by atoms with Gasteiger partial charge in [-0.05, 0) is 47.7 Å². The first-order valence-corrected chi connectivity index (χ1v) is 7.95. The highest BCUT2D eigenvalue weighted by Crippen LogP contribution is 2.23. The number of nitrogens with zero attached hydrogens (tertiary/aromatic N) is 1. The second kappa shape index (κ2) is 6.75. The van der Waals surface area contributed by atoms with Crippen LogP contribution >= 0.6 is 0 Å². The lowest BCUT2D eigenvalue weighted by Gasteiger charge is -2.08. The molecule has 2 N–H and O–H groups in total. The fourth-order valence-electron chi connectivity index (χ4n) is 2.55. The van der Waals surface area contributed by atoms with Crippen molar-refractivity contribution in [3.63, 3.8) is 0 Å². The SMILES string of the molecule is CC(C)CCNCc1ccc(-c2ccc3nc[nH]c3c2)cc1. The summed E-state index contributed by atoms with van der Waals surface area (Å²) < 4.78 is 0.